The minimum Gasteiger partial charge on any atom is -0.316 e. The largest absolute Gasteiger partial charge is 0.316 e. The fourth-order valence-electron chi connectivity index (χ4n) is 4.91. The molecule has 3 aromatic rings. The molecule has 4 rings (SSSR count). The van der Waals surface area contributed by atoms with Gasteiger partial charge in [0.25, 0.3) is 0 Å². The summed E-state index contributed by atoms with van der Waals surface area (Å²) in [6.45, 7) is 2.13. The maximum atomic E-state index is 4.83. The lowest BCUT2D eigenvalue weighted by Gasteiger charge is -2.18. The van der Waals surface area contributed by atoms with Crippen molar-refractivity contribution in [2.75, 3.05) is 13.1 Å². The van der Waals surface area contributed by atoms with Crippen LogP contribution >= 0.6 is 0 Å². The highest BCUT2D eigenvalue weighted by atomic mass is 14.9. The summed E-state index contributed by atoms with van der Waals surface area (Å²) in [6.07, 6.45) is 15.1. The lowest BCUT2D eigenvalue weighted by Crippen LogP contribution is -2.22. The van der Waals surface area contributed by atoms with Crippen LogP contribution in [0.25, 0.3) is 0 Å². The first kappa shape index (κ1) is 23.6. The molecule has 1 aromatic carbocycles. The van der Waals surface area contributed by atoms with Gasteiger partial charge in [0.05, 0.1) is 0 Å². The van der Waals surface area contributed by atoms with Crippen molar-refractivity contribution in [2.24, 2.45) is 5.92 Å². The van der Waals surface area contributed by atoms with E-state index in [9.17, 15) is 0 Å². The zero-order valence-corrected chi connectivity index (χ0v) is 20.0. The lowest BCUT2D eigenvalue weighted by molar-refractivity contribution is 0.411. The van der Waals surface area contributed by atoms with E-state index in [1.54, 1.807) is 0 Å². The number of hydrogen-bond acceptors (Lipinski definition) is 3. The van der Waals surface area contributed by atoms with Crippen LogP contribution in [-0.4, -0.2) is 23.1 Å². The highest BCUT2D eigenvalue weighted by molar-refractivity contribution is 5.23. The van der Waals surface area contributed by atoms with Gasteiger partial charge in [-0.1, -0.05) is 55.7 Å². The van der Waals surface area contributed by atoms with Crippen molar-refractivity contribution >= 4 is 0 Å². The third-order valence-electron chi connectivity index (χ3n) is 6.87. The molecule has 1 aliphatic heterocycles. The molecule has 33 heavy (non-hydrogen) atoms. The Hall–Kier alpha value is -2.52. The highest BCUT2D eigenvalue weighted by Crippen LogP contribution is 2.21. The maximum absolute atomic E-state index is 4.83. The molecule has 3 nitrogen and oxygen atoms in total. The Labute approximate surface area is 200 Å². The summed E-state index contributed by atoms with van der Waals surface area (Å²) >= 11 is 0. The van der Waals surface area contributed by atoms with E-state index in [4.69, 9.17) is 4.98 Å². The number of rotatable bonds is 6. The van der Waals surface area contributed by atoms with E-state index in [0.29, 0.717) is 0 Å². The Balaban J connectivity index is 1.24. The molecule has 3 heteroatoms. The molecular weight excluding hydrogens is 402 g/mol. The van der Waals surface area contributed by atoms with Gasteiger partial charge in [-0.05, 0) is 92.8 Å². The number of fused-ring (bicyclic) bond motifs is 2. The molecule has 0 radical (unpaired) electrons. The Morgan fingerprint density at radius 3 is 2.42 bits per heavy atom. The summed E-state index contributed by atoms with van der Waals surface area (Å²) in [7, 11) is 0. The topological polar surface area (TPSA) is 37.8 Å². The predicted octanol–water partition coefficient (Wildman–Crippen LogP) is 6.15. The van der Waals surface area contributed by atoms with E-state index in [1.165, 1.54) is 66.7 Å². The molecule has 0 spiro atoms. The number of aryl methyl sites for hydroxylation is 3. The fraction of sp³-hybridized carbons (Fsp3) is 0.467. The second-order valence-corrected chi connectivity index (χ2v) is 9.57. The zero-order chi connectivity index (χ0) is 22.6. The molecule has 1 atom stereocenters. The van der Waals surface area contributed by atoms with Crippen LogP contribution in [0.1, 0.15) is 66.7 Å². The summed E-state index contributed by atoms with van der Waals surface area (Å²) in [6, 6.07) is 22.1. The monoisotopic (exact) mass is 441 g/mol. The molecule has 1 N–H and O–H groups in total. The van der Waals surface area contributed by atoms with E-state index in [-0.39, 0.29) is 0 Å². The van der Waals surface area contributed by atoms with E-state index in [0.717, 1.165) is 51.1 Å². The van der Waals surface area contributed by atoms with Gasteiger partial charge in [0.1, 0.15) is 0 Å². The van der Waals surface area contributed by atoms with Gasteiger partial charge in [0.15, 0.2) is 0 Å². The van der Waals surface area contributed by atoms with Gasteiger partial charge in [0.2, 0.25) is 0 Å². The Bertz CT molecular complexity index is 907. The van der Waals surface area contributed by atoms with Crippen LogP contribution < -0.4 is 5.32 Å². The Kier molecular flexibility index (Phi) is 9.49. The van der Waals surface area contributed by atoms with Crippen molar-refractivity contribution in [1.82, 2.24) is 15.3 Å². The summed E-state index contributed by atoms with van der Waals surface area (Å²) in [5.74, 6) is 0.770. The number of nitrogens with one attached hydrogen (secondary N) is 1. The number of benzene rings is 1. The zero-order valence-electron chi connectivity index (χ0n) is 20.0. The number of aromatic nitrogens is 2. The number of pyridine rings is 2. The molecule has 1 aliphatic rings. The van der Waals surface area contributed by atoms with E-state index >= 15 is 0 Å². The summed E-state index contributed by atoms with van der Waals surface area (Å²) in [5, 5.41) is 3.66. The van der Waals surface area contributed by atoms with Crippen LogP contribution in [0.4, 0.5) is 0 Å². The van der Waals surface area contributed by atoms with E-state index in [1.807, 2.05) is 12.3 Å². The first-order valence-electron chi connectivity index (χ1n) is 13.0. The normalized spacial score (nSPS) is 17.9. The van der Waals surface area contributed by atoms with Gasteiger partial charge in [-0.25, -0.2) is 0 Å². The van der Waals surface area contributed by atoms with Gasteiger partial charge in [-0.3, -0.25) is 9.97 Å². The first-order valence-corrected chi connectivity index (χ1v) is 13.0. The maximum Gasteiger partial charge on any atom is 0.0419 e. The van der Waals surface area contributed by atoms with Crippen molar-refractivity contribution in [3.8, 4) is 0 Å². The molecular formula is C30H39N3. The minimum absolute atomic E-state index is 0.770. The fourth-order valence-corrected chi connectivity index (χ4v) is 4.91. The molecule has 3 heterocycles. The van der Waals surface area contributed by atoms with Gasteiger partial charge in [0, 0.05) is 36.2 Å². The molecule has 2 bridgehead atoms. The smallest absolute Gasteiger partial charge is 0.0419 e. The quantitative estimate of drug-likeness (QED) is 0.498. The van der Waals surface area contributed by atoms with Crippen LogP contribution in [0.5, 0.6) is 0 Å². The Morgan fingerprint density at radius 2 is 1.58 bits per heavy atom. The molecule has 0 aliphatic carbocycles. The SMILES string of the molecule is c1ccc(CCCc2ccc(CC3CCCCCc4cccc(n4)CCNCC3)cc2)nc1. The van der Waals surface area contributed by atoms with Gasteiger partial charge in [-0.15, -0.1) is 0 Å². The predicted molar refractivity (Wildman–Crippen MR) is 137 cm³/mol. The van der Waals surface area contributed by atoms with Crippen molar-refractivity contribution < 1.29 is 0 Å². The molecule has 174 valence electrons. The van der Waals surface area contributed by atoms with Crippen LogP contribution in [-0.2, 0) is 32.1 Å². The van der Waals surface area contributed by atoms with Gasteiger partial charge < -0.3 is 5.32 Å². The lowest BCUT2D eigenvalue weighted by atomic mass is 9.90. The van der Waals surface area contributed by atoms with Crippen LogP contribution in [0.2, 0.25) is 0 Å². The number of hydrogen-bond donors (Lipinski definition) is 1. The van der Waals surface area contributed by atoms with E-state index in [2.05, 4.69) is 64.9 Å². The summed E-state index contributed by atoms with van der Waals surface area (Å²) < 4.78 is 0. The average Bonchev–Trinajstić information content (AvgIpc) is 2.85. The van der Waals surface area contributed by atoms with Crippen molar-refractivity contribution in [1.29, 1.82) is 0 Å². The van der Waals surface area contributed by atoms with Crippen LogP contribution in [0, 0.1) is 5.92 Å². The molecule has 0 amide bonds. The first-order chi connectivity index (χ1) is 16.3. The third kappa shape index (κ3) is 8.40. The van der Waals surface area contributed by atoms with Crippen molar-refractivity contribution in [3.05, 3.63) is 95.1 Å². The van der Waals surface area contributed by atoms with Crippen LogP contribution in [0.3, 0.4) is 0 Å². The average molecular weight is 442 g/mol. The molecule has 0 saturated carbocycles. The molecule has 2 aromatic heterocycles. The molecule has 0 fully saturated rings. The van der Waals surface area contributed by atoms with E-state index < -0.39 is 0 Å². The standard InChI is InChI=1S/C30H39N3/c1-2-8-26(19-22-31-23-20-30-14-7-13-29(33-30)11-3-1)24-27-17-15-25(16-18-27)9-6-12-28-10-4-5-21-32-28/h4-5,7,10,13-18,21,26,31H,1-3,6,8-9,11-12,19-20,22-24H2. The molecule has 0 saturated heterocycles. The van der Waals surface area contributed by atoms with Gasteiger partial charge in [-0.2, -0.15) is 0 Å². The number of nitrogens with zero attached hydrogens (tertiary/aromatic N) is 2. The van der Waals surface area contributed by atoms with Gasteiger partial charge >= 0.3 is 0 Å². The highest BCUT2D eigenvalue weighted by Gasteiger charge is 2.11. The Morgan fingerprint density at radius 1 is 0.727 bits per heavy atom. The van der Waals surface area contributed by atoms with Crippen LogP contribution in [0.15, 0.2) is 66.9 Å². The summed E-state index contributed by atoms with van der Waals surface area (Å²) in [5.41, 5.74) is 6.63. The second kappa shape index (κ2) is 13.3. The minimum atomic E-state index is 0.770. The second-order valence-electron chi connectivity index (χ2n) is 9.57. The summed E-state index contributed by atoms with van der Waals surface area (Å²) in [4.78, 5) is 9.26. The van der Waals surface area contributed by atoms with Crippen molar-refractivity contribution in [2.45, 2.75) is 70.6 Å². The third-order valence-corrected chi connectivity index (χ3v) is 6.87. The molecule has 1 unspecified atom stereocenters. The van der Waals surface area contributed by atoms with Crippen molar-refractivity contribution in [3.63, 3.8) is 0 Å².